The Bertz CT molecular complexity index is 838. The van der Waals surface area contributed by atoms with Gasteiger partial charge in [0.25, 0.3) is 0 Å². The zero-order chi connectivity index (χ0) is 21.7. The average molecular weight is 422 g/mol. The Morgan fingerprint density at radius 1 is 1.17 bits per heavy atom. The third kappa shape index (κ3) is 5.73. The van der Waals surface area contributed by atoms with Crippen LogP contribution in [-0.2, 0) is 13.6 Å². The highest BCUT2D eigenvalue weighted by atomic mass is 19.4. The SMILES string of the molecule is Cc1nnc(CN=C(NC2CCC(C(F)(F)F)CC2)NC(C)c2ccccc2)n1C. The van der Waals surface area contributed by atoms with Crippen molar-refractivity contribution in [1.82, 2.24) is 25.4 Å². The number of aryl methyl sites for hydroxylation is 1. The molecule has 1 aliphatic rings. The number of aliphatic imine (C=N–C) groups is 1. The van der Waals surface area contributed by atoms with Crippen LogP contribution in [0.1, 0.15) is 55.9 Å². The van der Waals surface area contributed by atoms with E-state index >= 15 is 0 Å². The maximum Gasteiger partial charge on any atom is 0.391 e. The number of guanidine groups is 1. The Labute approximate surface area is 175 Å². The molecule has 1 saturated carbocycles. The Kier molecular flexibility index (Phi) is 6.99. The van der Waals surface area contributed by atoms with Gasteiger partial charge in [0.1, 0.15) is 12.4 Å². The molecule has 1 aromatic carbocycles. The van der Waals surface area contributed by atoms with Gasteiger partial charge in [-0.1, -0.05) is 30.3 Å². The average Bonchev–Trinajstić information content (AvgIpc) is 3.04. The van der Waals surface area contributed by atoms with E-state index in [2.05, 4.69) is 25.8 Å². The van der Waals surface area contributed by atoms with Crippen molar-refractivity contribution >= 4 is 5.96 Å². The number of nitrogens with one attached hydrogen (secondary N) is 2. The van der Waals surface area contributed by atoms with Crippen LogP contribution in [-0.4, -0.2) is 32.9 Å². The molecule has 0 amide bonds. The summed E-state index contributed by atoms with van der Waals surface area (Å²) in [5.74, 6) is 0.892. The van der Waals surface area contributed by atoms with Crippen molar-refractivity contribution in [1.29, 1.82) is 0 Å². The summed E-state index contributed by atoms with van der Waals surface area (Å²) < 4.78 is 40.8. The van der Waals surface area contributed by atoms with E-state index in [9.17, 15) is 13.2 Å². The Hall–Kier alpha value is -2.58. The lowest BCUT2D eigenvalue weighted by atomic mass is 9.85. The van der Waals surface area contributed by atoms with Gasteiger partial charge in [-0.2, -0.15) is 13.2 Å². The van der Waals surface area contributed by atoms with E-state index in [4.69, 9.17) is 0 Å². The Morgan fingerprint density at radius 3 is 2.40 bits per heavy atom. The van der Waals surface area contributed by atoms with Gasteiger partial charge in [0, 0.05) is 13.1 Å². The van der Waals surface area contributed by atoms with Crippen LogP contribution in [0.15, 0.2) is 35.3 Å². The zero-order valence-corrected chi connectivity index (χ0v) is 17.6. The van der Waals surface area contributed by atoms with Crippen molar-refractivity contribution in [3.8, 4) is 0 Å². The number of halogens is 3. The van der Waals surface area contributed by atoms with E-state index in [0.29, 0.717) is 25.3 Å². The first-order valence-electron chi connectivity index (χ1n) is 10.3. The van der Waals surface area contributed by atoms with Crippen LogP contribution in [0.3, 0.4) is 0 Å². The predicted molar refractivity (Wildman–Crippen MR) is 110 cm³/mol. The van der Waals surface area contributed by atoms with E-state index in [1.54, 1.807) is 0 Å². The second-order valence-corrected chi connectivity index (χ2v) is 7.90. The first-order chi connectivity index (χ1) is 14.2. The fraction of sp³-hybridized carbons (Fsp3) is 0.571. The summed E-state index contributed by atoms with van der Waals surface area (Å²) in [5, 5.41) is 14.9. The molecule has 1 atom stereocenters. The molecule has 30 heavy (non-hydrogen) atoms. The van der Waals surface area contributed by atoms with Crippen LogP contribution in [0.25, 0.3) is 0 Å². The molecule has 2 N–H and O–H groups in total. The van der Waals surface area contributed by atoms with E-state index in [1.807, 2.05) is 55.8 Å². The van der Waals surface area contributed by atoms with Gasteiger partial charge in [-0.25, -0.2) is 4.99 Å². The molecule has 1 heterocycles. The summed E-state index contributed by atoms with van der Waals surface area (Å²) >= 11 is 0. The number of hydrogen-bond acceptors (Lipinski definition) is 3. The molecule has 164 valence electrons. The summed E-state index contributed by atoms with van der Waals surface area (Å²) in [5.41, 5.74) is 1.10. The number of benzene rings is 1. The molecule has 1 aromatic heterocycles. The normalized spacial score (nSPS) is 21.3. The second-order valence-electron chi connectivity index (χ2n) is 7.90. The van der Waals surface area contributed by atoms with E-state index < -0.39 is 12.1 Å². The molecule has 0 spiro atoms. The minimum absolute atomic E-state index is 0.00908. The summed E-state index contributed by atoms with van der Waals surface area (Å²) in [7, 11) is 1.88. The molecule has 3 rings (SSSR count). The van der Waals surface area contributed by atoms with Crippen molar-refractivity contribution in [2.24, 2.45) is 18.0 Å². The van der Waals surface area contributed by atoms with E-state index in [-0.39, 0.29) is 24.9 Å². The first kappa shape index (κ1) is 22.1. The topological polar surface area (TPSA) is 67.1 Å². The molecular formula is C21H29F3N6. The van der Waals surface area contributed by atoms with Gasteiger partial charge in [-0.3, -0.25) is 0 Å². The molecular weight excluding hydrogens is 393 g/mol. The standard InChI is InChI=1S/C21H29F3N6/c1-14(16-7-5-4-6-8-16)26-20(25-13-19-29-28-15(2)30(19)3)27-18-11-9-17(10-12-18)21(22,23)24/h4-8,14,17-18H,9-13H2,1-3H3,(H2,25,26,27). The Morgan fingerprint density at radius 2 is 1.83 bits per heavy atom. The molecule has 9 heteroatoms. The molecule has 1 unspecified atom stereocenters. The minimum atomic E-state index is -4.11. The van der Waals surface area contributed by atoms with Crippen LogP contribution >= 0.6 is 0 Å². The van der Waals surface area contributed by atoms with E-state index in [1.165, 1.54) is 0 Å². The maximum absolute atomic E-state index is 13.0. The molecule has 1 fully saturated rings. The number of alkyl halides is 3. The molecule has 0 saturated heterocycles. The smallest absolute Gasteiger partial charge is 0.354 e. The molecule has 2 aromatic rings. The largest absolute Gasteiger partial charge is 0.391 e. The van der Waals surface area contributed by atoms with Gasteiger partial charge in [0.05, 0.1) is 12.0 Å². The molecule has 1 aliphatic carbocycles. The second kappa shape index (κ2) is 9.49. The number of rotatable bonds is 5. The van der Waals surface area contributed by atoms with Crippen molar-refractivity contribution in [2.75, 3.05) is 0 Å². The van der Waals surface area contributed by atoms with Crippen molar-refractivity contribution < 1.29 is 13.2 Å². The minimum Gasteiger partial charge on any atom is -0.354 e. The number of nitrogens with zero attached hydrogens (tertiary/aromatic N) is 4. The summed E-state index contributed by atoms with van der Waals surface area (Å²) in [6, 6.07) is 9.89. The van der Waals surface area contributed by atoms with Crippen molar-refractivity contribution in [2.45, 2.75) is 64.3 Å². The van der Waals surface area contributed by atoms with Gasteiger partial charge in [-0.05, 0) is 45.1 Å². The quantitative estimate of drug-likeness (QED) is 0.564. The molecule has 0 aliphatic heterocycles. The van der Waals surface area contributed by atoms with Crippen molar-refractivity contribution in [3.05, 3.63) is 47.5 Å². The first-order valence-corrected chi connectivity index (χ1v) is 10.3. The van der Waals surface area contributed by atoms with Crippen LogP contribution in [0, 0.1) is 12.8 Å². The third-order valence-corrected chi connectivity index (χ3v) is 5.75. The predicted octanol–water partition coefficient (Wildman–Crippen LogP) is 4.04. The fourth-order valence-corrected chi connectivity index (χ4v) is 3.66. The highest BCUT2D eigenvalue weighted by Gasteiger charge is 2.41. The zero-order valence-electron chi connectivity index (χ0n) is 17.6. The van der Waals surface area contributed by atoms with Gasteiger partial charge in [0.2, 0.25) is 0 Å². The van der Waals surface area contributed by atoms with Gasteiger partial charge < -0.3 is 15.2 Å². The Balaban J connectivity index is 1.69. The highest BCUT2D eigenvalue weighted by molar-refractivity contribution is 5.80. The third-order valence-electron chi connectivity index (χ3n) is 5.75. The lowest BCUT2D eigenvalue weighted by molar-refractivity contribution is -0.182. The number of hydrogen-bond donors (Lipinski definition) is 2. The lowest BCUT2D eigenvalue weighted by Crippen LogP contribution is -2.46. The van der Waals surface area contributed by atoms with Gasteiger partial charge in [0.15, 0.2) is 11.8 Å². The fourth-order valence-electron chi connectivity index (χ4n) is 3.66. The van der Waals surface area contributed by atoms with Crippen LogP contribution < -0.4 is 10.6 Å². The van der Waals surface area contributed by atoms with Gasteiger partial charge in [-0.15, -0.1) is 10.2 Å². The van der Waals surface area contributed by atoms with Crippen LogP contribution in [0.4, 0.5) is 13.2 Å². The lowest BCUT2D eigenvalue weighted by Gasteiger charge is -2.31. The molecule has 0 radical (unpaired) electrons. The van der Waals surface area contributed by atoms with Crippen molar-refractivity contribution in [3.63, 3.8) is 0 Å². The summed E-state index contributed by atoms with van der Waals surface area (Å²) in [4.78, 5) is 4.64. The molecule has 0 bridgehead atoms. The summed E-state index contributed by atoms with van der Waals surface area (Å²) in [6.45, 7) is 4.22. The highest BCUT2D eigenvalue weighted by Crippen LogP contribution is 2.37. The van der Waals surface area contributed by atoms with Crippen LogP contribution in [0.5, 0.6) is 0 Å². The maximum atomic E-state index is 13.0. The van der Waals surface area contributed by atoms with Gasteiger partial charge >= 0.3 is 6.18 Å². The monoisotopic (exact) mass is 422 g/mol. The van der Waals surface area contributed by atoms with Crippen LogP contribution in [0.2, 0.25) is 0 Å². The number of aromatic nitrogens is 3. The molecule has 6 nitrogen and oxygen atoms in total. The van der Waals surface area contributed by atoms with E-state index in [0.717, 1.165) is 17.2 Å². The summed E-state index contributed by atoms with van der Waals surface area (Å²) in [6.07, 6.45) is -2.89.